The van der Waals surface area contributed by atoms with Crippen LogP contribution in [0.5, 0.6) is 5.75 Å². The largest absolute Gasteiger partial charge is 0.497 e. The van der Waals surface area contributed by atoms with Crippen LogP contribution in [0, 0.1) is 0 Å². The molecule has 1 aromatic rings. The number of aliphatic hydroxyl groups is 1. The number of aliphatic hydroxyl groups excluding tert-OH is 1. The Bertz CT molecular complexity index is 553. The van der Waals surface area contributed by atoms with E-state index in [1.54, 1.807) is 14.0 Å². The molecule has 0 fully saturated rings. The van der Waals surface area contributed by atoms with Crippen LogP contribution < -0.4 is 4.74 Å². The van der Waals surface area contributed by atoms with Crippen LogP contribution >= 0.6 is 0 Å². The molecule has 1 aliphatic heterocycles. The third-order valence-electron chi connectivity index (χ3n) is 3.97. The predicted molar refractivity (Wildman–Crippen MR) is 84.9 cm³/mol. The van der Waals surface area contributed by atoms with E-state index in [0.29, 0.717) is 13.1 Å². The number of methoxy groups -OCH3 is 1. The molecule has 2 atom stereocenters. The second-order valence-electron chi connectivity index (χ2n) is 5.65. The lowest BCUT2D eigenvalue weighted by molar-refractivity contribution is -0.144. The first-order chi connectivity index (χ1) is 10.5. The highest BCUT2D eigenvalue weighted by atomic mass is 16.5. The molecule has 1 aromatic carbocycles. The van der Waals surface area contributed by atoms with Crippen LogP contribution in [0.15, 0.2) is 30.3 Å². The van der Waals surface area contributed by atoms with Gasteiger partial charge >= 0.3 is 5.97 Å². The van der Waals surface area contributed by atoms with Crippen molar-refractivity contribution >= 4 is 11.5 Å². The zero-order chi connectivity index (χ0) is 16.1. The number of hydrogen-bond donors (Lipinski definition) is 2. The molecule has 0 aromatic heterocycles. The van der Waals surface area contributed by atoms with Gasteiger partial charge in [0.1, 0.15) is 11.8 Å². The van der Waals surface area contributed by atoms with E-state index in [2.05, 4.69) is 6.08 Å². The van der Waals surface area contributed by atoms with Gasteiger partial charge < -0.3 is 14.9 Å². The number of nitrogens with zero attached hydrogens (tertiary/aromatic N) is 1. The first-order valence-corrected chi connectivity index (χ1v) is 7.49. The van der Waals surface area contributed by atoms with E-state index in [4.69, 9.17) is 4.74 Å². The van der Waals surface area contributed by atoms with Crippen molar-refractivity contribution in [3.8, 4) is 5.75 Å². The zero-order valence-corrected chi connectivity index (χ0v) is 13.0. The van der Waals surface area contributed by atoms with Gasteiger partial charge in [-0.05, 0) is 43.0 Å². The fourth-order valence-corrected chi connectivity index (χ4v) is 2.78. The average Bonchev–Trinajstić information content (AvgIpc) is 2.52. The summed E-state index contributed by atoms with van der Waals surface area (Å²) in [6, 6.07) is 7.25. The minimum Gasteiger partial charge on any atom is -0.497 e. The lowest BCUT2D eigenvalue weighted by Gasteiger charge is -2.32. The molecule has 2 N–H and O–H groups in total. The molecule has 0 aliphatic carbocycles. The molecule has 2 rings (SSSR count). The zero-order valence-electron chi connectivity index (χ0n) is 13.0. The fourth-order valence-electron chi connectivity index (χ4n) is 2.78. The topological polar surface area (TPSA) is 70.0 Å². The van der Waals surface area contributed by atoms with Gasteiger partial charge in [0.05, 0.1) is 13.2 Å². The Kier molecular flexibility index (Phi) is 5.57. The predicted octanol–water partition coefficient (Wildman–Crippen LogP) is 2.01. The number of carboxylic acids is 1. The third kappa shape index (κ3) is 4.08. The number of benzene rings is 1. The Morgan fingerprint density at radius 1 is 1.45 bits per heavy atom. The number of carbonyl (C=O) groups is 1. The van der Waals surface area contributed by atoms with Crippen molar-refractivity contribution in [3.05, 3.63) is 35.9 Å². The quantitative estimate of drug-likeness (QED) is 0.841. The third-order valence-corrected chi connectivity index (χ3v) is 3.97. The van der Waals surface area contributed by atoms with E-state index in [1.165, 1.54) is 5.57 Å². The highest BCUT2D eigenvalue weighted by Gasteiger charge is 2.28. The Morgan fingerprint density at radius 3 is 2.77 bits per heavy atom. The van der Waals surface area contributed by atoms with E-state index in [-0.39, 0.29) is 6.42 Å². The van der Waals surface area contributed by atoms with Gasteiger partial charge in [0.25, 0.3) is 0 Å². The molecule has 5 nitrogen and oxygen atoms in total. The van der Waals surface area contributed by atoms with E-state index in [9.17, 15) is 15.0 Å². The second kappa shape index (κ2) is 7.42. The summed E-state index contributed by atoms with van der Waals surface area (Å²) in [5.41, 5.74) is 2.32. The Labute approximate surface area is 130 Å². The maximum atomic E-state index is 11.4. The van der Waals surface area contributed by atoms with Gasteiger partial charge in [-0.3, -0.25) is 9.69 Å². The number of hydrogen-bond acceptors (Lipinski definition) is 4. The van der Waals surface area contributed by atoms with Crippen molar-refractivity contribution in [3.63, 3.8) is 0 Å². The molecule has 1 aliphatic rings. The number of aliphatic carboxylic acids is 1. The summed E-state index contributed by atoms with van der Waals surface area (Å²) in [7, 11) is 1.64. The minimum absolute atomic E-state index is 0.248. The van der Waals surface area contributed by atoms with Crippen molar-refractivity contribution in [2.24, 2.45) is 0 Å². The molecule has 22 heavy (non-hydrogen) atoms. The maximum Gasteiger partial charge on any atom is 0.321 e. The number of ether oxygens (including phenoxy) is 1. The molecule has 5 heteroatoms. The summed E-state index contributed by atoms with van der Waals surface area (Å²) in [5, 5.41) is 18.8. The van der Waals surface area contributed by atoms with Crippen LogP contribution in [0.4, 0.5) is 0 Å². The maximum absolute atomic E-state index is 11.4. The van der Waals surface area contributed by atoms with Gasteiger partial charge in [0.15, 0.2) is 0 Å². The first-order valence-electron chi connectivity index (χ1n) is 7.49. The van der Waals surface area contributed by atoms with Gasteiger partial charge in [-0.15, -0.1) is 0 Å². The molecular weight excluding hydrogens is 282 g/mol. The van der Waals surface area contributed by atoms with Crippen molar-refractivity contribution in [2.45, 2.75) is 31.9 Å². The van der Waals surface area contributed by atoms with E-state index in [0.717, 1.165) is 17.7 Å². The van der Waals surface area contributed by atoms with Crippen molar-refractivity contribution in [2.75, 3.05) is 20.2 Å². The van der Waals surface area contributed by atoms with E-state index in [1.807, 2.05) is 29.2 Å². The molecule has 0 spiro atoms. The van der Waals surface area contributed by atoms with E-state index >= 15 is 0 Å². The van der Waals surface area contributed by atoms with Gasteiger partial charge in [-0.25, -0.2) is 0 Å². The van der Waals surface area contributed by atoms with Crippen LogP contribution in [0.1, 0.15) is 25.3 Å². The standard InChI is InChI=1S/C17H23NO4/c1-12(19)10-16(17(20)21)18-8-6-13(7-9-18)14-4-3-5-15(11-14)22-2/h3-6,11-12,16,19H,7-10H2,1-2H3,(H,20,21). The van der Waals surface area contributed by atoms with Crippen LogP contribution in [-0.4, -0.2) is 53.4 Å². The monoisotopic (exact) mass is 305 g/mol. The number of carboxylic acid groups (broad SMARTS) is 1. The lowest BCUT2D eigenvalue weighted by atomic mass is 9.97. The average molecular weight is 305 g/mol. The molecular formula is C17H23NO4. The molecule has 0 amide bonds. The van der Waals surface area contributed by atoms with Crippen LogP contribution in [-0.2, 0) is 4.79 Å². The Morgan fingerprint density at radius 2 is 2.23 bits per heavy atom. The highest BCUT2D eigenvalue weighted by molar-refractivity contribution is 5.74. The summed E-state index contributed by atoms with van der Waals surface area (Å²) < 4.78 is 5.24. The molecule has 120 valence electrons. The highest BCUT2D eigenvalue weighted by Crippen LogP contribution is 2.26. The van der Waals surface area contributed by atoms with Crippen LogP contribution in [0.25, 0.3) is 5.57 Å². The smallest absolute Gasteiger partial charge is 0.321 e. The number of rotatable bonds is 6. The molecule has 2 unspecified atom stereocenters. The summed E-state index contributed by atoms with van der Waals surface area (Å²) in [5.74, 6) is -0.0579. The molecule has 1 heterocycles. The van der Waals surface area contributed by atoms with Crippen molar-refractivity contribution in [1.82, 2.24) is 4.90 Å². The minimum atomic E-state index is -0.876. The second-order valence-corrected chi connectivity index (χ2v) is 5.65. The van der Waals surface area contributed by atoms with Gasteiger partial charge in [0.2, 0.25) is 0 Å². The van der Waals surface area contributed by atoms with Crippen LogP contribution in [0.2, 0.25) is 0 Å². The summed E-state index contributed by atoms with van der Waals surface area (Å²) in [6.45, 7) is 2.88. The van der Waals surface area contributed by atoms with Crippen molar-refractivity contribution in [1.29, 1.82) is 0 Å². The lowest BCUT2D eigenvalue weighted by Crippen LogP contribution is -2.44. The Hall–Kier alpha value is -1.85. The first kappa shape index (κ1) is 16.5. The molecule has 0 saturated carbocycles. The van der Waals surface area contributed by atoms with E-state index < -0.39 is 18.1 Å². The summed E-state index contributed by atoms with van der Waals surface area (Å²) in [4.78, 5) is 13.3. The summed E-state index contributed by atoms with van der Waals surface area (Å²) >= 11 is 0. The van der Waals surface area contributed by atoms with Gasteiger partial charge in [-0.2, -0.15) is 0 Å². The fraction of sp³-hybridized carbons (Fsp3) is 0.471. The molecule has 0 radical (unpaired) electrons. The Balaban J connectivity index is 2.09. The van der Waals surface area contributed by atoms with Crippen molar-refractivity contribution < 1.29 is 19.7 Å². The summed E-state index contributed by atoms with van der Waals surface area (Å²) in [6.07, 6.45) is 2.48. The SMILES string of the molecule is COc1cccc(C2=CCN(C(CC(C)O)C(=O)O)CC2)c1. The van der Waals surface area contributed by atoms with Gasteiger partial charge in [0, 0.05) is 13.1 Å². The molecule has 0 saturated heterocycles. The molecule has 0 bridgehead atoms. The van der Waals surface area contributed by atoms with Crippen LogP contribution in [0.3, 0.4) is 0 Å². The normalized spacial score (nSPS) is 18.4. The van der Waals surface area contributed by atoms with Gasteiger partial charge in [-0.1, -0.05) is 18.2 Å².